The molecule has 2 rings (SSSR count). The van der Waals surface area contributed by atoms with Gasteiger partial charge in [-0.2, -0.15) is 0 Å². The Bertz CT molecular complexity index is 429. The number of hydrogen-bond donors (Lipinski definition) is 1. The molecule has 0 bridgehead atoms. The van der Waals surface area contributed by atoms with Crippen LogP contribution in [0.15, 0.2) is 22.7 Å². The summed E-state index contributed by atoms with van der Waals surface area (Å²) in [6.45, 7) is 2.39. The first-order valence-corrected chi connectivity index (χ1v) is 6.60. The number of carbonyl (C=O) groups is 1. The smallest absolute Gasteiger partial charge is 0.254 e. The predicted molar refractivity (Wildman–Crippen MR) is 70.0 cm³/mol. The van der Waals surface area contributed by atoms with E-state index < -0.39 is 0 Å². The number of carbonyl (C=O) groups excluding carboxylic acids is 1. The van der Waals surface area contributed by atoms with Gasteiger partial charge in [0.25, 0.3) is 5.91 Å². The van der Waals surface area contributed by atoms with E-state index >= 15 is 0 Å². The minimum Gasteiger partial charge on any atom is -0.395 e. The summed E-state index contributed by atoms with van der Waals surface area (Å²) in [5, 5.41) is 9.02. The van der Waals surface area contributed by atoms with Crippen LogP contribution in [0.2, 0.25) is 0 Å². The van der Waals surface area contributed by atoms with Crippen LogP contribution in [0, 0.1) is 6.92 Å². The summed E-state index contributed by atoms with van der Waals surface area (Å²) in [5.41, 5.74) is 1.70. The van der Waals surface area contributed by atoms with Crippen LogP contribution < -0.4 is 0 Å². The van der Waals surface area contributed by atoms with Crippen molar-refractivity contribution in [2.75, 3.05) is 13.2 Å². The zero-order chi connectivity index (χ0) is 12.4. The Balaban J connectivity index is 2.22. The monoisotopic (exact) mass is 297 g/mol. The van der Waals surface area contributed by atoms with Gasteiger partial charge in [0.1, 0.15) is 0 Å². The number of aryl methyl sites for hydroxylation is 1. The highest BCUT2D eigenvalue weighted by molar-refractivity contribution is 9.10. The fraction of sp³-hybridized carbons (Fsp3) is 0.462. The van der Waals surface area contributed by atoms with Crippen LogP contribution in [0.5, 0.6) is 0 Å². The lowest BCUT2D eigenvalue weighted by Gasteiger charge is -2.22. The second kappa shape index (κ2) is 5.19. The van der Waals surface area contributed by atoms with E-state index in [9.17, 15) is 4.79 Å². The van der Waals surface area contributed by atoms with Gasteiger partial charge in [-0.05, 0) is 43.5 Å². The summed E-state index contributed by atoms with van der Waals surface area (Å²) in [5.74, 6) is 0.0338. The quantitative estimate of drug-likeness (QED) is 0.927. The maximum atomic E-state index is 12.3. The van der Waals surface area contributed by atoms with E-state index in [1.165, 1.54) is 0 Å². The first-order chi connectivity index (χ1) is 8.13. The van der Waals surface area contributed by atoms with E-state index in [1.54, 1.807) is 4.90 Å². The number of hydrogen-bond acceptors (Lipinski definition) is 2. The third kappa shape index (κ3) is 2.87. The number of benzene rings is 1. The first-order valence-electron chi connectivity index (χ1n) is 5.81. The van der Waals surface area contributed by atoms with E-state index in [-0.39, 0.29) is 12.5 Å². The highest BCUT2D eigenvalue weighted by atomic mass is 79.9. The van der Waals surface area contributed by atoms with Crippen molar-refractivity contribution in [2.24, 2.45) is 0 Å². The Hall–Kier alpha value is -0.870. The zero-order valence-corrected chi connectivity index (χ0v) is 11.4. The van der Waals surface area contributed by atoms with Crippen LogP contribution >= 0.6 is 15.9 Å². The normalized spacial score (nSPS) is 14.8. The van der Waals surface area contributed by atoms with Gasteiger partial charge in [0.15, 0.2) is 0 Å². The number of aliphatic hydroxyl groups is 1. The van der Waals surface area contributed by atoms with Crippen LogP contribution in [0.4, 0.5) is 0 Å². The second-order valence-corrected chi connectivity index (χ2v) is 5.33. The predicted octanol–water partition coefficient (Wildman–Crippen LogP) is 2.35. The van der Waals surface area contributed by atoms with Crippen LogP contribution in [-0.2, 0) is 0 Å². The van der Waals surface area contributed by atoms with Crippen molar-refractivity contribution in [1.29, 1.82) is 0 Å². The maximum Gasteiger partial charge on any atom is 0.254 e. The van der Waals surface area contributed by atoms with E-state index in [4.69, 9.17) is 5.11 Å². The van der Waals surface area contributed by atoms with Gasteiger partial charge in [-0.1, -0.05) is 15.9 Å². The van der Waals surface area contributed by atoms with Gasteiger partial charge in [-0.25, -0.2) is 0 Å². The van der Waals surface area contributed by atoms with E-state index in [0.717, 1.165) is 28.4 Å². The molecule has 1 N–H and O–H groups in total. The van der Waals surface area contributed by atoms with Gasteiger partial charge < -0.3 is 10.0 Å². The van der Waals surface area contributed by atoms with Crippen LogP contribution in [0.1, 0.15) is 28.8 Å². The molecule has 1 aliphatic rings. The number of amides is 1. The minimum absolute atomic E-state index is 0.0256. The molecular weight excluding hydrogens is 282 g/mol. The molecule has 3 nitrogen and oxygen atoms in total. The molecule has 0 atom stereocenters. The molecular formula is C13H16BrNO2. The molecule has 92 valence electrons. The largest absolute Gasteiger partial charge is 0.395 e. The Kier molecular flexibility index (Phi) is 3.84. The molecule has 4 heteroatoms. The molecule has 1 aromatic carbocycles. The fourth-order valence-electron chi connectivity index (χ4n) is 1.97. The topological polar surface area (TPSA) is 40.5 Å². The lowest BCUT2D eigenvalue weighted by molar-refractivity contribution is 0.0707. The molecule has 1 saturated carbocycles. The molecule has 0 heterocycles. The highest BCUT2D eigenvalue weighted by Crippen LogP contribution is 2.29. The van der Waals surface area contributed by atoms with Gasteiger partial charge in [-0.3, -0.25) is 4.79 Å². The standard InChI is InChI=1S/C13H16BrNO2/c1-9-8-10(14)2-5-12(9)13(17)15(6-7-16)11-3-4-11/h2,5,8,11,16H,3-4,6-7H2,1H3. The highest BCUT2D eigenvalue weighted by Gasteiger charge is 2.32. The lowest BCUT2D eigenvalue weighted by atomic mass is 10.1. The summed E-state index contributed by atoms with van der Waals surface area (Å²) >= 11 is 3.39. The maximum absolute atomic E-state index is 12.3. The zero-order valence-electron chi connectivity index (χ0n) is 9.82. The third-order valence-corrected chi connectivity index (χ3v) is 3.50. The van der Waals surface area contributed by atoms with Gasteiger partial charge in [0.05, 0.1) is 6.61 Å². The Morgan fingerprint density at radius 3 is 2.76 bits per heavy atom. The van der Waals surface area contributed by atoms with Crippen molar-refractivity contribution in [3.05, 3.63) is 33.8 Å². The SMILES string of the molecule is Cc1cc(Br)ccc1C(=O)N(CCO)C1CC1. The molecule has 1 aliphatic carbocycles. The van der Waals surface area contributed by atoms with Crippen molar-refractivity contribution in [3.63, 3.8) is 0 Å². The van der Waals surface area contributed by atoms with Crippen molar-refractivity contribution >= 4 is 21.8 Å². The number of rotatable bonds is 4. The molecule has 0 radical (unpaired) electrons. The van der Waals surface area contributed by atoms with Crippen LogP contribution in [0.3, 0.4) is 0 Å². The summed E-state index contributed by atoms with van der Waals surface area (Å²) in [6.07, 6.45) is 2.11. The molecule has 0 aliphatic heterocycles. The summed E-state index contributed by atoms with van der Waals surface area (Å²) in [6, 6.07) is 5.99. The van der Waals surface area contributed by atoms with Crippen LogP contribution in [-0.4, -0.2) is 35.1 Å². The van der Waals surface area contributed by atoms with Crippen molar-refractivity contribution < 1.29 is 9.90 Å². The van der Waals surface area contributed by atoms with Gasteiger partial charge in [0, 0.05) is 22.6 Å². The van der Waals surface area contributed by atoms with Crippen molar-refractivity contribution in [2.45, 2.75) is 25.8 Å². The van der Waals surface area contributed by atoms with Crippen LogP contribution in [0.25, 0.3) is 0 Å². The summed E-state index contributed by atoms with van der Waals surface area (Å²) < 4.78 is 0.978. The van der Waals surface area contributed by atoms with Gasteiger partial charge in [-0.15, -0.1) is 0 Å². The summed E-state index contributed by atoms with van der Waals surface area (Å²) in [7, 11) is 0. The third-order valence-electron chi connectivity index (χ3n) is 3.01. The average molecular weight is 298 g/mol. The minimum atomic E-state index is 0.0256. The van der Waals surface area contributed by atoms with E-state index in [0.29, 0.717) is 12.6 Å². The molecule has 0 unspecified atom stereocenters. The number of aliphatic hydroxyl groups excluding tert-OH is 1. The van der Waals surface area contributed by atoms with Crippen molar-refractivity contribution in [3.8, 4) is 0 Å². The Morgan fingerprint density at radius 2 is 2.24 bits per heavy atom. The molecule has 1 aromatic rings. The fourth-order valence-corrected chi connectivity index (χ4v) is 2.44. The molecule has 1 amide bonds. The summed E-state index contributed by atoms with van der Waals surface area (Å²) in [4.78, 5) is 14.1. The lowest BCUT2D eigenvalue weighted by Crippen LogP contribution is -2.35. The molecule has 1 fully saturated rings. The molecule has 0 aromatic heterocycles. The van der Waals surface area contributed by atoms with E-state index in [1.807, 2.05) is 25.1 Å². The first kappa shape index (κ1) is 12.6. The van der Waals surface area contributed by atoms with Crippen molar-refractivity contribution in [1.82, 2.24) is 4.90 Å². The van der Waals surface area contributed by atoms with E-state index in [2.05, 4.69) is 15.9 Å². The molecule has 17 heavy (non-hydrogen) atoms. The van der Waals surface area contributed by atoms with Gasteiger partial charge >= 0.3 is 0 Å². The Labute approximate surface area is 110 Å². The molecule has 0 spiro atoms. The number of nitrogens with zero attached hydrogens (tertiary/aromatic N) is 1. The van der Waals surface area contributed by atoms with Gasteiger partial charge in [0.2, 0.25) is 0 Å². The average Bonchev–Trinajstić information content (AvgIpc) is 3.09. The number of halogens is 1. The second-order valence-electron chi connectivity index (χ2n) is 4.41. The molecule has 0 saturated heterocycles. The Morgan fingerprint density at radius 1 is 1.53 bits per heavy atom.